The van der Waals surface area contributed by atoms with E-state index in [1.54, 1.807) is 0 Å². The predicted molar refractivity (Wildman–Crippen MR) is 217 cm³/mol. The molecule has 0 aliphatic rings. The Balaban J connectivity index is 1.06. The van der Waals surface area contributed by atoms with Gasteiger partial charge in [0.25, 0.3) is 0 Å². The molecule has 53 heavy (non-hydrogen) atoms. The second kappa shape index (κ2) is 12.9. The zero-order valence-electron chi connectivity index (χ0n) is 28.6. The minimum absolute atomic E-state index is 0.637. The highest BCUT2D eigenvalue weighted by molar-refractivity contribution is 6.19. The summed E-state index contributed by atoms with van der Waals surface area (Å²) in [6.07, 6.45) is 0. The molecule has 0 saturated heterocycles. The molecule has 10 aromatic rings. The molecule has 4 heteroatoms. The molecule has 8 aromatic carbocycles. The van der Waals surface area contributed by atoms with E-state index in [2.05, 4.69) is 115 Å². The zero-order chi connectivity index (χ0) is 35.1. The van der Waals surface area contributed by atoms with Gasteiger partial charge in [-0.15, -0.1) is 0 Å². The van der Waals surface area contributed by atoms with Crippen LogP contribution in [-0.2, 0) is 0 Å². The molecule has 2 heterocycles. The number of aromatic nitrogens is 3. The third kappa shape index (κ3) is 5.63. The summed E-state index contributed by atoms with van der Waals surface area (Å²) in [7, 11) is 0. The Bertz CT molecular complexity index is 2860. The van der Waals surface area contributed by atoms with Crippen molar-refractivity contribution >= 4 is 32.7 Å². The van der Waals surface area contributed by atoms with Gasteiger partial charge >= 0.3 is 0 Å². The first-order valence-corrected chi connectivity index (χ1v) is 17.8. The molecule has 0 aliphatic heterocycles. The van der Waals surface area contributed by atoms with E-state index in [1.165, 1.54) is 11.1 Å². The SMILES string of the molecule is c1ccc(-c2ccc3c(-c4ccc(-c5cccc(-c6nc(-c7ccccc7)nc(-c7ccccc7)n6)c5)cc4)cc4c5ccccc5oc4c3c2)cc1. The smallest absolute Gasteiger partial charge is 0.164 e. The summed E-state index contributed by atoms with van der Waals surface area (Å²) in [5.41, 5.74) is 11.5. The van der Waals surface area contributed by atoms with Crippen molar-refractivity contribution < 1.29 is 4.42 Å². The van der Waals surface area contributed by atoms with E-state index in [0.29, 0.717) is 17.5 Å². The van der Waals surface area contributed by atoms with Crippen LogP contribution in [0.4, 0.5) is 0 Å². The Morgan fingerprint density at radius 1 is 0.283 bits per heavy atom. The van der Waals surface area contributed by atoms with Crippen LogP contribution in [0.25, 0.3) is 100 Å². The first-order valence-electron chi connectivity index (χ1n) is 17.8. The first kappa shape index (κ1) is 30.6. The molecule has 0 bridgehead atoms. The number of benzene rings is 8. The lowest BCUT2D eigenvalue weighted by atomic mass is 9.92. The number of hydrogen-bond donors (Lipinski definition) is 0. The largest absolute Gasteiger partial charge is 0.455 e. The van der Waals surface area contributed by atoms with Crippen molar-refractivity contribution in [2.24, 2.45) is 0 Å². The van der Waals surface area contributed by atoms with Crippen molar-refractivity contribution in [2.45, 2.75) is 0 Å². The zero-order valence-corrected chi connectivity index (χ0v) is 28.6. The molecule has 0 saturated carbocycles. The number of rotatable bonds is 6. The van der Waals surface area contributed by atoms with Crippen LogP contribution in [0.1, 0.15) is 0 Å². The highest BCUT2D eigenvalue weighted by atomic mass is 16.3. The first-order chi connectivity index (χ1) is 26.2. The summed E-state index contributed by atoms with van der Waals surface area (Å²) in [5, 5.41) is 4.50. The van der Waals surface area contributed by atoms with Crippen LogP contribution in [0, 0.1) is 0 Å². The van der Waals surface area contributed by atoms with Crippen molar-refractivity contribution in [1.82, 2.24) is 15.0 Å². The third-order valence-corrected chi connectivity index (χ3v) is 9.93. The summed E-state index contributed by atoms with van der Waals surface area (Å²) in [6, 6.07) is 65.3. The summed E-state index contributed by atoms with van der Waals surface area (Å²) < 4.78 is 6.52. The maximum absolute atomic E-state index is 6.52. The number of para-hydroxylation sites is 1. The highest BCUT2D eigenvalue weighted by Crippen LogP contribution is 2.41. The molecule has 2 aromatic heterocycles. The minimum atomic E-state index is 0.637. The lowest BCUT2D eigenvalue weighted by molar-refractivity contribution is 0.672. The summed E-state index contributed by atoms with van der Waals surface area (Å²) >= 11 is 0. The number of hydrogen-bond acceptors (Lipinski definition) is 4. The molecule has 0 radical (unpaired) electrons. The molecular weight excluding hydrogens is 647 g/mol. The molecular formula is C49H31N3O. The van der Waals surface area contributed by atoms with E-state index >= 15 is 0 Å². The Hall–Kier alpha value is -7.17. The van der Waals surface area contributed by atoms with Gasteiger partial charge in [-0.3, -0.25) is 0 Å². The van der Waals surface area contributed by atoms with Crippen molar-refractivity contribution in [3.8, 4) is 67.5 Å². The molecule has 248 valence electrons. The fourth-order valence-electron chi connectivity index (χ4n) is 7.26. The molecule has 0 spiro atoms. The van der Waals surface area contributed by atoms with Gasteiger partial charge in [-0.25, -0.2) is 15.0 Å². The van der Waals surface area contributed by atoms with E-state index in [1.807, 2.05) is 72.8 Å². The molecule has 0 N–H and O–H groups in total. The van der Waals surface area contributed by atoms with Crippen molar-refractivity contribution in [2.75, 3.05) is 0 Å². The van der Waals surface area contributed by atoms with E-state index in [-0.39, 0.29) is 0 Å². The monoisotopic (exact) mass is 677 g/mol. The van der Waals surface area contributed by atoms with Crippen LogP contribution in [-0.4, -0.2) is 15.0 Å². The standard InChI is InChI=1S/C49H31N3O/c1-4-13-32(14-5-1)38-27-28-40-42(31-44-41-21-10-11-22-45(41)53-46(44)43(40)30-38)34-25-23-33(24-26-34)37-19-12-20-39(29-37)49-51-47(35-15-6-2-7-16-35)50-48(52-49)36-17-8-3-9-18-36/h1-31H. The number of fused-ring (bicyclic) bond motifs is 5. The number of nitrogens with zero attached hydrogens (tertiary/aromatic N) is 3. The Morgan fingerprint density at radius 2 is 0.755 bits per heavy atom. The van der Waals surface area contributed by atoms with E-state index < -0.39 is 0 Å². The van der Waals surface area contributed by atoms with E-state index in [0.717, 1.165) is 71.7 Å². The van der Waals surface area contributed by atoms with E-state index in [4.69, 9.17) is 19.4 Å². The second-order valence-corrected chi connectivity index (χ2v) is 13.2. The summed E-state index contributed by atoms with van der Waals surface area (Å²) in [6.45, 7) is 0. The Kier molecular flexibility index (Phi) is 7.43. The molecule has 4 nitrogen and oxygen atoms in total. The maximum Gasteiger partial charge on any atom is 0.164 e. The maximum atomic E-state index is 6.52. The second-order valence-electron chi connectivity index (χ2n) is 13.2. The fraction of sp³-hybridized carbons (Fsp3) is 0. The number of furan rings is 1. The van der Waals surface area contributed by atoms with Gasteiger partial charge in [0.15, 0.2) is 17.5 Å². The van der Waals surface area contributed by atoms with Crippen molar-refractivity contribution in [3.05, 3.63) is 188 Å². The van der Waals surface area contributed by atoms with Crippen LogP contribution in [0.15, 0.2) is 192 Å². The Morgan fingerprint density at radius 3 is 1.43 bits per heavy atom. The molecule has 0 aliphatic carbocycles. The molecule has 10 rings (SSSR count). The predicted octanol–water partition coefficient (Wildman–Crippen LogP) is 12.9. The summed E-state index contributed by atoms with van der Waals surface area (Å²) in [4.78, 5) is 14.8. The molecule has 0 fully saturated rings. The topological polar surface area (TPSA) is 51.8 Å². The van der Waals surface area contributed by atoms with Crippen LogP contribution in [0.3, 0.4) is 0 Å². The quantitative estimate of drug-likeness (QED) is 0.176. The van der Waals surface area contributed by atoms with Crippen molar-refractivity contribution in [3.63, 3.8) is 0 Å². The third-order valence-electron chi connectivity index (χ3n) is 9.93. The summed E-state index contributed by atoms with van der Waals surface area (Å²) in [5.74, 6) is 1.93. The average Bonchev–Trinajstić information content (AvgIpc) is 3.63. The molecule has 0 amide bonds. The van der Waals surface area contributed by atoms with Crippen LogP contribution in [0.5, 0.6) is 0 Å². The van der Waals surface area contributed by atoms with E-state index in [9.17, 15) is 0 Å². The average molecular weight is 678 g/mol. The van der Waals surface area contributed by atoms with Gasteiger partial charge in [0.05, 0.1) is 0 Å². The highest BCUT2D eigenvalue weighted by Gasteiger charge is 2.17. The molecule has 0 atom stereocenters. The van der Waals surface area contributed by atoms with Gasteiger partial charge in [-0.1, -0.05) is 164 Å². The Labute approximate surface area is 306 Å². The minimum Gasteiger partial charge on any atom is -0.455 e. The van der Waals surface area contributed by atoms with Gasteiger partial charge in [0.1, 0.15) is 11.2 Å². The van der Waals surface area contributed by atoms with Gasteiger partial charge in [-0.05, 0) is 63.0 Å². The van der Waals surface area contributed by atoms with Gasteiger partial charge in [0, 0.05) is 32.8 Å². The van der Waals surface area contributed by atoms with Gasteiger partial charge < -0.3 is 4.42 Å². The van der Waals surface area contributed by atoms with Crippen molar-refractivity contribution in [1.29, 1.82) is 0 Å². The molecule has 0 unspecified atom stereocenters. The van der Waals surface area contributed by atoms with Crippen LogP contribution >= 0.6 is 0 Å². The normalized spacial score (nSPS) is 11.4. The van der Waals surface area contributed by atoms with Gasteiger partial charge in [-0.2, -0.15) is 0 Å². The van der Waals surface area contributed by atoms with Gasteiger partial charge in [0.2, 0.25) is 0 Å². The lowest BCUT2D eigenvalue weighted by Crippen LogP contribution is -2.00. The van der Waals surface area contributed by atoms with Crippen LogP contribution in [0.2, 0.25) is 0 Å². The van der Waals surface area contributed by atoms with Crippen LogP contribution < -0.4 is 0 Å². The lowest BCUT2D eigenvalue weighted by Gasteiger charge is -2.12. The fourth-order valence-corrected chi connectivity index (χ4v) is 7.26.